The molecule has 1 unspecified atom stereocenters. The number of hydrogen-bond donors (Lipinski definition) is 1. The van der Waals surface area contributed by atoms with Crippen LogP contribution in [0.15, 0.2) is 24.3 Å². The topological polar surface area (TPSA) is 52.7 Å². The van der Waals surface area contributed by atoms with E-state index in [2.05, 4.69) is 5.32 Å². The minimum atomic E-state index is -0.312. The van der Waals surface area contributed by atoms with Crippen molar-refractivity contribution in [1.29, 1.82) is 0 Å². The van der Waals surface area contributed by atoms with E-state index < -0.39 is 0 Å². The van der Waals surface area contributed by atoms with Gasteiger partial charge in [-0.05, 0) is 30.5 Å². The quantitative estimate of drug-likeness (QED) is 0.867. The van der Waals surface area contributed by atoms with Gasteiger partial charge in [0.1, 0.15) is 5.82 Å². The van der Waals surface area contributed by atoms with Gasteiger partial charge in [0.25, 0.3) is 0 Å². The lowest BCUT2D eigenvalue weighted by atomic mass is 9.94. The molecular weight excluding hydrogens is 285 g/mol. The maximum atomic E-state index is 13.1. The number of urea groups is 2. The van der Waals surface area contributed by atoms with Crippen LogP contribution in [0.1, 0.15) is 30.7 Å². The van der Waals surface area contributed by atoms with Crippen LogP contribution >= 0.6 is 0 Å². The van der Waals surface area contributed by atoms with Crippen molar-refractivity contribution in [3.8, 4) is 0 Å². The summed E-state index contributed by atoms with van der Waals surface area (Å²) in [4.78, 5) is 27.2. The molecule has 6 heteroatoms. The second kappa shape index (κ2) is 6.34. The van der Waals surface area contributed by atoms with Crippen LogP contribution in [-0.2, 0) is 0 Å². The molecule has 1 N–H and O–H groups in total. The Morgan fingerprint density at radius 1 is 1.18 bits per heavy atom. The molecule has 0 radical (unpaired) electrons. The van der Waals surface area contributed by atoms with E-state index in [1.165, 1.54) is 17.0 Å². The number of amides is 4. The van der Waals surface area contributed by atoms with Crippen LogP contribution in [0.25, 0.3) is 0 Å². The Hall–Kier alpha value is -2.11. The molecule has 2 aliphatic heterocycles. The Morgan fingerprint density at radius 3 is 2.64 bits per heavy atom. The number of halogens is 1. The van der Waals surface area contributed by atoms with Crippen molar-refractivity contribution in [2.45, 2.75) is 25.2 Å². The van der Waals surface area contributed by atoms with Crippen LogP contribution in [0.3, 0.4) is 0 Å². The predicted octanol–water partition coefficient (Wildman–Crippen LogP) is 2.54. The summed E-state index contributed by atoms with van der Waals surface area (Å²) in [7, 11) is 0. The third-order valence-electron chi connectivity index (χ3n) is 4.37. The lowest BCUT2D eigenvalue weighted by molar-refractivity contribution is 0.163. The fourth-order valence-corrected chi connectivity index (χ4v) is 3.15. The number of nitrogens with one attached hydrogen (secondary N) is 1. The number of benzene rings is 1. The predicted molar refractivity (Wildman–Crippen MR) is 80.1 cm³/mol. The summed E-state index contributed by atoms with van der Waals surface area (Å²) in [5.41, 5.74) is 1.05. The zero-order valence-electron chi connectivity index (χ0n) is 12.4. The smallest absolute Gasteiger partial charge is 0.328 e. The molecule has 2 saturated heterocycles. The Labute approximate surface area is 129 Å². The molecule has 0 saturated carbocycles. The lowest BCUT2D eigenvalue weighted by Crippen LogP contribution is -2.45. The Balaban J connectivity index is 1.73. The van der Waals surface area contributed by atoms with Gasteiger partial charge in [0.15, 0.2) is 0 Å². The number of imide groups is 1. The number of carbonyl (C=O) groups is 2. The molecular formula is C16H20FN3O2. The normalized spacial score (nSPS) is 22.4. The van der Waals surface area contributed by atoms with E-state index in [-0.39, 0.29) is 23.8 Å². The van der Waals surface area contributed by atoms with Gasteiger partial charge in [-0.25, -0.2) is 18.9 Å². The lowest BCUT2D eigenvalue weighted by Gasteiger charge is -2.27. The second-order valence-electron chi connectivity index (χ2n) is 5.86. The van der Waals surface area contributed by atoms with Crippen LogP contribution in [0.4, 0.5) is 14.0 Å². The van der Waals surface area contributed by atoms with E-state index in [0.29, 0.717) is 26.2 Å². The summed E-state index contributed by atoms with van der Waals surface area (Å²) in [5, 5.41) is 2.65. The van der Waals surface area contributed by atoms with Gasteiger partial charge in [0.2, 0.25) is 0 Å². The molecule has 1 aromatic rings. The first-order chi connectivity index (χ1) is 10.6. The van der Waals surface area contributed by atoms with E-state index in [1.54, 1.807) is 17.0 Å². The number of carbonyl (C=O) groups excluding carboxylic acids is 2. The van der Waals surface area contributed by atoms with Crippen molar-refractivity contribution in [3.63, 3.8) is 0 Å². The highest BCUT2D eigenvalue weighted by Gasteiger charge is 2.32. The van der Waals surface area contributed by atoms with Gasteiger partial charge in [0, 0.05) is 32.1 Å². The van der Waals surface area contributed by atoms with Crippen molar-refractivity contribution in [1.82, 2.24) is 15.1 Å². The summed E-state index contributed by atoms with van der Waals surface area (Å²) >= 11 is 0. The molecule has 118 valence electrons. The zero-order valence-corrected chi connectivity index (χ0v) is 12.4. The molecule has 5 nitrogen and oxygen atoms in total. The molecule has 1 atom stereocenters. The standard InChI is InChI=1S/C16H20FN3O2/c17-14-6-4-12(5-7-14)13-3-1-2-9-19(11-13)16(22)20-10-8-18-15(20)21/h4-7,13H,1-3,8-11H2,(H,18,21). The van der Waals surface area contributed by atoms with Crippen LogP contribution in [0, 0.1) is 5.82 Å². The first-order valence-corrected chi connectivity index (χ1v) is 7.75. The Morgan fingerprint density at radius 2 is 1.95 bits per heavy atom. The van der Waals surface area contributed by atoms with Gasteiger partial charge in [-0.1, -0.05) is 18.6 Å². The molecule has 0 aromatic heterocycles. The highest BCUT2D eigenvalue weighted by atomic mass is 19.1. The van der Waals surface area contributed by atoms with Crippen LogP contribution in [0.5, 0.6) is 0 Å². The fraction of sp³-hybridized carbons (Fsp3) is 0.500. The van der Waals surface area contributed by atoms with Gasteiger partial charge in [-0.3, -0.25) is 0 Å². The molecule has 22 heavy (non-hydrogen) atoms. The summed E-state index contributed by atoms with van der Waals surface area (Å²) in [6.07, 6.45) is 2.93. The summed E-state index contributed by atoms with van der Waals surface area (Å²) in [5.74, 6) is -0.0586. The van der Waals surface area contributed by atoms with E-state index in [1.807, 2.05) is 0 Å². The van der Waals surface area contributed by atoms with Gasteiger partial charge >= 0.3 is 12.1 Å². The molecule has 1 aromatic carbocycles. The number of hydrogen-bond acceptors (Lipinski definition) is 2. The third kappa shape index (κ3) is 3.05. The molecule has 3 rings (SSSR count). The van der Waals surface area contributed by atoms with Gasteiger partial charge in [-0.15, -0.1) is 0 Å². The summed E-state index contributed by atoms with van der Waals surface area (Å²) in [6, 6.07) is 5.96. The SMILES string of the molecule is O=C1NCCN1C(=O)N1CCCCC(c2ccc(F)cc2)C1. The zero-order chi connectivity index (χ0) is 15.5. The maximum Gasteiger partial charge on any atom is 0.328 e. The third-order valence-corrected chi connectivity index (χ3v) is 4.37. The van der Waals surface area contributed by atoms with E-state index >= 15 is 0 Å². The molecule has 2 aliphatic rings. The number of rotatable bonds is 1. The van der Waals surface area contributed by atoms with Crippen LogP contribution < -0.4 is 5.32 Å². The van der Waals surface area contributed by atoms with Crippen LogP contribution in [-0.4, -0.2) is 48.0 Å². The first kappa shape index (κ1) is 14.8. The van der Waals surface area contributed by atoms with E-state index in [0.717, 1.165) is 24.8 Å². The van der Waals surface area contributed by atoms with Crippen molar-refractivity contribution >= 4 is 12.1 Å². The largest absolute Gasteiger partial charge is 0.336 e. The Bertz CT molecular complexity index is 561. The molecule has 2 heterocycles. The van der Waals surface area contributed by atoms with Gasteiger partial charge in [-0.2, -0.15) is 0 Å². The van der Waals surface area contributed by atoms with E-state index in [4.69, 9.17) is 0 Å². The second-order valence-corrected chi connectivity index (χ2v) is 5.86. The highest BCUT2D eigenvalue weighted by Crippen LogP contribution is 2.27. The Kier molecular flexibility index (Phi) is 4.27. The first-order valence-electron chi connectivity index (χ1n) is 7.75. The molecule has 0 spiro atoms. The van der Waals surface area contributed by atoms with Crippen molar-refractivity contribution in [3.05, 3.63) is 35.6 Å². The minimum Gasteiger partial charge on any atom is -0.336 e. The fourth-order valence-electron chi connectivity index (χ4n) is 3.15. The summed E-state index contributed by atoms with van der Waals surface area (Å²) < 4.78 is 13.1. The van der Waals surface area contributed by atoms with Crippen molar-refractivity contribution < 1.29 is 14.0 Å². The monoisotopic (exact) mass is 305 g/mol. The number of nitrogens with zero attached hydrogens (tertiary/aromatic N) is 2. The minimum absolute atomic E-state index is 0.192. The molecule has 4 amide bonds. The number of likely N-dealkylation sites (tertiary alicyclic amines) is 1. The molecule has 0 aliphatic carbocycles. The van der Waals surface area contributed by atoms with Crippen molar-refractivity contribution in [2.24, 2.45) is 0 Å². The van der Waals surface area contributed by atoms with Gasteiger partial charge < -0.3 is 10.2 Å². The molecule has 2 fully saturated rings. The van der Waals surface area contributed by atoms with Gasteiger partial charge in [0.05, 0.1) is 0 Å². The maximum absolute atomic E-state index is 13.1. The molecule has 0 bridgehead atoms. The van der Waals surface area contributed by atoms with Crippen molar-refractivity contribution in [2.75, 3.05) is 26.2 Å². The highest BCUT2D eigenvalue weighted by molar-refractivity contribution is 5.95. The van der Waals surface area contributed by atoms with E-state index in [9.17, 15) is 14.0 Å². The average Bonchev–Trinajstić information content (AvgIpc) is 2.80. The average molecular weight is 305 g/mol. The summed E-state index contributed by atoms with van der Waals surface area (Å²) in [6.45, 7) is 2.18. The van der Waals surface area contributed by atoms with Crippen LogP contribution in [0.2, 0.25) is 0 Å².